The molecule has 1 aromatic heterocycles. The summed E-state index contributed by atoms with van der Waals surface area (Å²) in [6.45, 7) is 0.844. The van der Waals surface area contributed by atoms with E-state index in [1.54, 1.807) is 6.20 Å². The van der Waals surface area contributed by atoms with Gasteiger partial charge < -0.3 is 15.1 Å². The summed E-state index contributed by atoms with van der Waals surface area (Å²) >= 11 is 0. The molecule has 0 amide bonds. The van der Waals surface area contributed by atoms with Crippen LogP contribution in [0, 0.1) is 5.82 Å². The molecular formula is C21H30FN2O3P. The predicted molar refractivity (Wildman–Crippen MR) is 110 cm³/mol. The van der Waals surface area contributed by atoms with Gasteiger partial charge in [-0.05, 0) is 50.3 Å². The third-order valence-corrected chi connectivity index (χ3v) is 5.50. The SMILES string of the molecule is O=P(O)(O)CCCNCc1cc(F)c(CCCCCCc2ccccc2)cn1. The maximum absolute atomic E-state index is 14.2. The predicted octanol–water partition coefficient (Wildman–Crippen LogP) is 4.22. The largest absolute Gasteiger partial charge is 0.325 e. The van der Waals surface area contributed by atoms with Gasteiger partial charge in [0.2, 0.25) is 0 Å². The maximum atomic E-state index is 14.2. The zero-order valence-corrected chi connectivity index (χ0v) is 17.1. The van der Waals surface area contributed by atoms with Crippen LogP contribution in [0.1, 0.15) is 48.9 Å². The van der Waals surface area contributed by atoms with Gasteiger partial charge in [-0.3, -0.25) is 9.55 Å². The Labute approximate surface area is 166 Å². The van der Waals surface area contributed by atoms with Gasteiger partial charge in [-0.15, -0.1) is 0 Å². The van der Waals surface area contributed by atoms with Crippen LogP contribution in [-0.2, 0) is 24.0 Å². The first-order valence-corrected chi connectivity index (χ1v) is 11.7. The molecule has 0 spiro atoms. The Balaban J connectivity index is 1.60. The van der Waals surface area contributed by atoms with E-state index in [0.29, 0.717) is 37.2 Å². The molecule has 0 radical (unpaired) electrons. The van der Waals surface area contributed by atoms with E-state index in [4.69, 9.17) is 9.79 Å². The number of rotatable bonds is 13. The fourth-order valence-electron chi connectivity index (χ4n) is 3.05. The fourth-order valence-corrected chi connectivity index (χ4v) is 3.62. The quantitative estimate of drug-likeness (QED) is 0.341. The van der Waals surface area contributed by atoms with E-state index in [2.05, 4.69) is 34.6 Å². The number of nitrogens with zero attached hydrogens (tertiary/aromatic N) is 1. The Bertz CT molecular complexity index is 753. The van der Waals surface area contributed by atoms with Crippen LogP contribution in [0.2, 0.25) is 0 Å². The second kappa shape index (κ2) is 12.1. The lowest BCUT2D eigenvalue weighted by Gasteiger charge is -2.08. The highest BCUT2D eigenvalue weighted by Crippen LogP contribution is 2.34. The maximum Gasteiger partial charge on any atom is 0.325 e. The number of aromatic nitrogens is 1. The van der Waals surface area contributed by atoms with E-state index in [1.807, 2.05) is 6.07 Å². The lowest BCUT2D eigenvalue weighted by atomic mass is 10.0. The van der Waals surface area contributed by atoms with Crippen molar-refractivity contribution in [3.8, 4) is 0 Å². The van der Waals surface area contributed by atoms with Crippen LogP contribution in [0.5, 0.6) is 0 Å². The van der Waals surface area contributed by atoms with Crippen molar-refractivity contribution in [3.05, 3.63) is 65.2 Å². The van der Waals surface area contributed by atoms with Crippen LogP contribution in [0.4, 0.5) is 4.39 Å². The van der Waals surface area contributed by atoms with E-state index in [1.165, 1.54) is 11.6 Å². The van der Waals surface area contributed by atoms with Gasteiger partial charge in [0, 0.05) is 18.3 Å². The van der Waals surface area contributed by atoms with Gasteiger partial charge in [-0.25, -0.2) is 4.39 Å². The van der Waals surface area contributed by atoms with Crippen molar-refractivity contribution < 1.29 is 18.7 Å². The number of pyridine rings is 1. The number of unbranched alkanes of at least 4 members (excludes halogenated alkanes) is 3. The number of nitrogens with one attached hydrogen (secondary N) is 1. The summed E-state index contributed by atoms with van der Waals surface area (Å²) in [6, 6.07) is 11.9. The van der Waals surface area contributed by atoms with Crippen LogP contribution in [0.25, 0.3) is 0 Å². The molecule has 3 N–H and O–H groups in total. The highest BCUT2D eigenvalue weighted by molar-refractivity contribution is 7.51. The van der Waals surface area contributed by atoms with E-state index < -0.39 is 7.60 Å². The molecule has 0 fully saturated rings. The fraction of sp³-hybridized carbons (Fsp3) is 0.476. The van der Waals surface area contributed by atoms with Crippen molar-refractivity contribution in [1.82, 2.24) is 10.3 Å². The van der Waals surface area contributed by atoms with Gasteiger partial charge in [-0.2, -0.15) is 0 Å². The minimum Gasteiger partial charge on any atom is -0.324 e. The monoisotopic (exact) mass is 408 g/mol. The van der Waals surface area contributed by atoms with Crippen molar-refractivity contribution in [2.24, 2.45) is 0 Å². The highest BCUT2D eigenvalue weighted by Gasteiger charge is 2.11. The van der Waals surface area contributed by atoms with Gasteiger partial charge >= 0.3 is 7.60 Å². The van der Waals surface area contributed by atoms with Crippen molar-refractivity contribution in [2.75, 3.05) is 12.7 Å². The molecule has 2 rings (SSSR count). The third kappa shape index (κ3) is 9.56. The molecule has 0 aliphatic carbocycles. The van der Waals surface area contributed by atoms with E-state index >= 15 is 0 Å². The number of aryl methyl sites for hydroxylation is 2. The molecule has 154 valence electrons. The van der Waals surface area contributed by atoms with Gasteiger partial charge in [0.1, 0.15) is 5.82 Å². The number of benzene rings is 1. The van der Waals surface area contributed by atoms with Crippen LogP contribution < -0.4 is 5.32 Å². The molecule has 0 aliphatic rings. The number of hydrogen-bond donors (Lipinski definition) is 3. The smallest absolute Gasteiger partial charge is 0.324 e. The molecule has 1 heterocycles. The van der Waals surface area contributed by atoms with Gasteiger partial charge in [0.25, 0.3) is 0 Å². The zero-order valence-electron chi connectivity index (χ0n) is 16.2. The Morgan fingerprint density at radius 3 is 2.39 bits per heavy atom. The van der Waals surface area contributed by atoms with Crippen LogP contribution >= 0.6 is 7.60 Å². The molecule has 0 saturated carbocycles. The zero-order chi connectivity index (χ0) is 20.2. The first-order valence-electron chi connectivity index (χ1n) is 9.86. The van der Waals surface area contributed by atoms with E-state index in [9.17, 15) is 8.96 Å². The Morgan fingerprint density at radius 2 is 1.71 bits per heavy atom. The second-order valence-corrected chi connectivity index (χ2v) is 8.86. The Hall–Kier alpha value is -1.59. The van der Waals surface area contributed by atoms with Crippen LogP contribution in [0.15, 0.2) is 42.6 Å². The minimum atomic E-state index is -3.94. The molecule has 2 aromatic rings. The Morgan fingerprint density at radius 1 is 1.00 bits per heavy atom. The summed E-state index contributed by atoms with van der Waals surface area (Å²) < 4.78 is 25.0. The van der Waals surface area contributed by atoms with Crippen molar-refractivity contribution in [3.63, 3.8) is 0 Å². The molecule has 28 heavy (non-hydrogen) atoms. The summed E-state index contributed by atoms with van der Waals surface area (Å²) in [7, 11) is -3.94. The molecule has 0 saturated heterocycles. The molecular weight excluding hydrogens is 378 g/mol. The lowest BCUT2D eigenvalue weighted by Crippen LogP contribution is -2.17. The van der Waals surface area contributed by atoms with Gasteiger partial charge in [0.15, 0.2) is 0 Å². The molecule has 0 unspecified atom stereocenters. The number of halogens is 1. The first-order chi connectivity index (χ1) is 13.4. The third-order valence-electron chi connectivity index (χ3n) is 4.60. The summed E-state index contributed by atoms with van der Waals surface area (Å²) in [5.41, 5.74) is 2.61. The standard InChI is InChI=1S/C21H30FN2O3P/c22-21-15-20(17-23-13-8-14-28(25,26)27)24-16-19(21)12-7-2-1-4-9-18-10-5-3-6-11-18/h3,5-6,10-11,15-16,23H,1-2,4,7-9,12-14,17H2,(H2,25,26,27). The molecule has 0 aliphatic heterocycles. The Kier molecular flexibility index (Phi) is 9.79. The lowest BCUT2D eigenvalue weighted by molar-refractivity contribution is 0.371. The average Bonchev–Trinajstić information content (AvgIpc) is 2.65. The van der Waals surface area contributed by atoms with Gasteiger partial charge in [0.05, 0.1) is 11.9 Å². The van der Waals surface area contributed by atoms with Crippen molar-refractivity contribution in [1.29, 1.82) is 0 Å². The summed E-state index contributed by atoms with van der Waals surface area (Å²) in [6.07, 6.45) is 7.93. The normalized spacial score (nSPS) is 11.7. The first kappa shape index (κ1) is 22.7. The summed E-state index contributed by atoms with van der Waals surface area (Å²) in [5.74, 6) is -0.230. The minimum absolute atomic E-state index is 0.147. The molecule has 7 heteroatoms. The summed E-state index contributed by atoms with van der Waals surface area (Å²) in [5, 5.41) is 3.03. The van der Waals surface area contributed by atoms with Gasteiger partial charge in [-0.1, -0.05) is 43.2 Å². The van der Waals surface area contributed by atoms with Crippen molar-refractivity contribution >= 4 is 7.60 Å². The molecule has 5 nitrogen and oxygen atoms in total. The average molecular weight is 408 g/mol. The molecule has 0 atom stereocenters. The molecule has 1 aromatic carbocycles. The van der Waals surface area contributed by atoms with E-state index in [0.717, 1.165) is 32.1 Å². The topological polar surface area (TPSA) is 82.5 Å². The van der Waals surface area contributed by atoms with Crippen LogP contribution in [-0.4, -0.2) is 27.5 Å². The highest BCUT2D eigenvalue weighted by atomic mass is 31.2. The molecule has 0 bridgehead atoms. The second-order valence-electron chi connectivity index (χ2n) is 7.09. The van der Waals surface area contributed by atoms with Crippen LogP contribution in [0.3, 0.4) is 0 Å². The number of hydrogen-bond acceptors (Lipinski definition) is 3. The van der Waals surface area contributed by atoms with Crippen molar-refractivity contribution in [2.45, 2.75) is 51.5 Å². The summed E-state index contributed by atoms with van der Waals surface area (Å²) in [4.78, 5) is 21.9. The van der Waals surface area contributed by atoms with E-state index in [-0.39, 0.29) is 12.0 Å².